The minimum Gasteiger partial charge on any atom is -0.361 e. The van der Waals surface area contributed by atoms with Gasteiger partial charge in [0.25, 0.3) is 0 Å². The van der Waals surface area contributed by atoms with Crippen molar-refractivity contribution in [2.45, 2.75) is 19.9 Å². The van der Waals surface area contributed by atoms with Crippen molar-refractivity contribution < 1.29 is 0 Å². The van der Waals surface area contributed by atoms with Crippen LogP contribution in [0.25, 0.3) is 10.9 Å². The molecule has 1 aromatic heterocycles. The van der Waals surface area contributed by atoms with Crippen LogP contribution in [0.5, 0.6) is 0 Å². The first kappa shape index (κ1) is 9.74. The average molecular weight is 253 g/mol. The zero-order valence-corrected chi connectivity index (χ0v) is 9.69. The van der Waals surface area contributed by atoms with E-state index < -0.39 is 0 Å². The van der Waals surface area contributed by atoms with Gasteiger partial charge in [0.1, 0.15) is 0 Å². The molecule has 3 heteroatoms. The quantitative estimate of drug-likeness (QED) is 0.848. The average Bonchev–Trinajstić information content (AvgIpc) is 2.58. The fourth-order valence-corrected chi connectivity index (χ4v) is 2.31. The van der Waals surface area contributed by atoms with Gasteiger partial charge in [0.2, 0.25) is 0 Å². The van der Waals surface area contributed by atoms with Gasteiger partial charge >= 0.3 is 0 Å². The summed E-state index contributed by atoms with van der Waals surface area (Å²) in [6.07, 6.45) is 3.02. The molecule has 2 nitrogen and oxygen atoms in total. The van der Waals surface area contributed by atoms with Crippen molar-refractivity contribution in [2.24, 2.45) is 5.73 Å². The maximum atomic E-state index is 5.65. The summed E-state index contributed by atoms with van der Waals surface area (Å²) in [5.41, 5.74) is 9.31. The van der Waals surface area contributed by atoms with Crippen LogP contribution in [0.2, 0.25) is 0 Å². The van der Waals surface area contributed by atoms with Gasteiger partial charge < -0.3 is 10.7 Å². The first-order valence-corrected chi connectivity index (χ1v) is 5.54. The fourth-order valence-electron chi connectivity index (χ4n) is 1.69. The third-order valence-electron chi connectivity index (χ3n) is 2.54. The monoisotopic (exact) mass is 252 g/mol. The number of halogens is 1. The molecule has 2 rings (SSSR count). The molecule has 14 heavy (non-hydrogen) atoms. The molecule has 0 spiro atoms. The van der Waals surface area contributed by atoms with Gasteiger partial charge in [0.15, 0.2) is 0 Å². The Morgan fingerprint density at radius 2 is 2.14 bits per heavy atom. The van der Waals surface area contributed by atoms with Crippen molar-refractivity contribution >= 4 is 26.8 Å². The van der Waals surface area contributed by atoms with Gasteiger partial charge in [-0.25, -0.2) is 0 Å². The van der Waals surface area contributed by atoms with E-state index in [0.717, 1.165) is 6.42 Å². The standard InChI is InChI=1S/C11H13BrN2/c1-2-7-3-11-9(4-10(7)12)8(5-13)6-14-11/h3-4,6,14H,2,5,13H2,1H3. The number of aromatic nitrogens is 1. The molecule has 0 atom stereocenters. The van der Waals surface area contributed by atoms with Gasteiger partial charge in [-0.15, -0.1) is 0 Å². The highest BCUT2D eigenvalue weighted by molar-refractivity contribution is 9.10. The van der Waals surface area contributed by atoms with Crippen molar-refractivity contribution in [3.8, 4) is 0 Å². The summed E-state index contributed by atoms with van der Waals surface area (Å²) in [5.74, 6) is 0. The second-order valence-corrected chi connectivity index (χ2v) is 4.22. The summed E-state index contributed by atoms with van der Waals surface area (Å²) in [4.78, 5) is 3.24. The molecular formula is C11H13BrN2. The Morgan fingerprint density at radius 1 is 1.36 bits per heavy atom. The lowest BCUT2D eigenvalue weighted by Crippen LogP contribution is -1.94. The number of rotatable bonds is 2. The van der Waals surface area contributed by atoms with Gasteiger partial charge in [0, 0.05) is 28.1 Å². The van der Waals surface area contributed by atoms with E-state index in [0.29, 0.717) is 6.54 Å². The minimum atomic E-state index is 0.581. The maximum Gasteiger partial charge on any atom is 0.0460 e. The van der Waals surface area contributed by atoms with E-state index in [9.17, 15) is 0 Å². The Balaban J connectivity index is 2.69. The molecule has 3 N–H and O–H groups in total. The Bertz CT molecular complexity index is 460. The zero-order chi connectivity index (χ0) is 10.1. The Morgan fingerprint density at radius 3 is 2.79 bits per heavy atom. The van der Waals surface area contributed by atoms with E-state index >= 15 is 0 Å². The molecule has 0 aliphatic heterocycles. The third kappa shape index (κ3) is 1.47. The van der Waals surface area contributed by atoms with Gasteiger partial charge in [-0.05, 0) is 29.7 Å². The highest BCUT2D eigenvalue weighted by Crippen LogP contribution is 2.26. The molecule has 1 aromatic carbocycles. The largest absolute Gasteiger partial charge is 0.361 e. The molecule has 0 saturated carbocycles. The van der Waals surface area contributed by atoms with E-state index in [1.807, 2.05) is 6.20 Å². The van der Waals surface area contributed by atoms with Crippen LogP contribution in [-0.2, 0) is 13.0 Å². The van der Waals surface area contributed by atoms with Gasteiger partial charge in [-0.3, -0.25) is 0 Å². The lowest BCUT2D eigenvalue weighted by atomic mass is 10.1. The maximum absolute atomic E-state index is 5.65. The topological polar surface area (TPSA) is 41.8 Å². The highest BCUT2D eigenvalue weighted by atomic mass is 79.9. The predicted octanol–water partition coefficient (Wildman–Crippen LogP) is 2.95. The summed E-state index contributed by atoms with van der Waals surface area (Å²) < 4.78 is 1.17. The Kier molecular flexibility index (Phi) is 2.61. The number of nitrogens with two attached hydrogens (primary N) is 1. The van der Waals surface area contributed by atoms with Crippen LogP contribution in [-0.4, -0.2) is 4.98 Å². The summed E-state index contributed by atoms with van der Waals surface area (Å²) >= 11 is 3.57. The first-order valence-electron chi connectivity index (χ1n) is 4.74. The summed E-state index contributed by atoms with van der Waals surface area (Å²) in [6, 6.07) is 4.32. The molecule has 74 valence electrons. The Labute approximate surface area is 91.6 Å². The normalized spacial score (nSPS) is 11.1. The van der Waals surface area contributed by atoms with Crippen LogP contribution in [0.1, 0.15) is 18.1 Å². The van der Waals surface area contributed by atoms with Crippen LogP contribution < -0.4 is 5.73 Å². The predicted molar refractivity (Wildman–Crippen MR) is 63.3 cm³/mol. The van der Waals surface area contributed by atoms with E-state index in [4.69, 9.17) is 5.73 Å². The first-order chi connectivity index (χ1) is 6.76. The minimum absolute atomic E-state index is 0.581. The molecule has 0 saturated heterocycles. The number of fused-ring (bicyclic) bond motifs is 1. The van der Waals surface area contributed by atoms with Crippen LogP contribution in [0.4, 0.5) is 0 Å². The van der Waals surface area contributed by atoms with Gasteiger partial charge in [-0.2, -0.15) is 0 Å². The molecule has 2 aromatic rings. The van der Waals surface area contributed by atoms with E-state index in [1.165, 1.54) is 26.5 Å². The van der Waals surface area contributed by atoms with E-state index in [1.54, 1.807) is 0 Å². The second-order valence-electron chi connectivity index (χ2n) is 3.36. The van der Waals surface area contributed by atoms with Crippen molar-refractivity contribution in [1.82, 2.24) is 4.98 Å². The van der Waals surface area contributed by atoms with Crippen LogP contribution in [0.15, 0.2) is 22.8 Å². The third-order valence-corrected chi connectivity index (χ3v) is 3.27. The number of hydrogen-bond acceptors (Lipinski definition) is 1. The van der Waals surface area contributed by atoms with Crippen molar-refractivity contribution in [1.29, 1.82) is 0 Å². The Hall–Kier alpha value is -0.800. The molecule has 0 fully saturated rings. The summed E-state index contributed by atoms with van der Waals surface area (Å²) in [5, 5.41) is 1.22. The molecule has 0 bridgehead atoms. The second kappa shape index (κ2) is 3.75. The van der Waals surface area contributed by atoms with Crippen molar-refractivity contribution in [3.05, 3.63) is 33.9 Å². The highest BCUT2D eigenvalue weighted by Gasteiger charge is 2.05. The molecule has 0 aliphatic carbocycles. The number of benzene rings is 1. The van der Waals surface area contributed by atoms with E-state index in [2.05, 4.69) is 40.0 Å². The molecular weight excluding hydrogens is 240 g/mol. The van der Waals surface area contributed by atoms with Crippen molar-refractivity contribution in [3.63, 3.8) is 0 Å². The number of nitrogens with one attached hydrogen (secondary N) is 1. The number of aromatic amines is 1. The van der Waals surface area contributed by atoms with Gasteiger partial charge in [0.05, 0.1) is 0 Å². The lowest BCUT2D eigenvalue weighted by Gasteiger charge is -2.02. The molecule has 0 radical (unpaired) electrons. The van der Waals surface area contributed by atoms with Gasteiger partial charge in [-0.1, -0.05) is 22.9 Å². The smallest absolute Gasteiger partial charge is 0.0460 e. The summed E-state index contributed by atoms with van der Waals surface area (Å²) in [7, 11) is 0. The zero-order valence-electron chi connectivity index (χ0n) is 8.10. The SMILES string of the molecule is CCc1cc2[nH]cc(CN)c2cc1Br. The number of hydrogen-bond donors (Lipinski definition) is 2. The molecule has 1 heterocycles. The van der Waals surface area contributed by atoms with Crippen LogP contribution in [0.3, 0.4) is 0 Å². The van der Waals surface area contributed by atoms with Crippen molar-refractivity contribution in [2.75, 3.05) is 0 Å². The molecule has 0 unspecified atom stereocenters. The van der Waals surface area contributed by atoms with Crippen LogP contribution >= 0.6 is 15.9 Å². The van der Waals surface area contributed by atoms with E-state index in [-0.39, 0.29) is 0 Å². The molecule has 0 amide bonds. The summed E-state index contributed by atoms with van der Waals surface area (Å²) in [6.45, 7) is 2.73. The lowest BCUT2D eigenvalue weighted by molar-refractivity contribution is 1.08. The number of aryl methyl sites for hydroxylation is 1. The fraction of sp³-hybridized carbons (Fsp3) is 0.273. The number of H-pyrrole nitrogens is 1. The molecule has 0 aliphatic rings. The van der Waals surface area contributed by atoms with Crippen LogP contribution in [0, 0.1) is 0 Å².